The van der Waals surface area contributed by atoms with Crippen molar-refractivity contribution in [3.05, 3.63) is 12.7 Å². The summed E-state index contributed by atoms with van der Waals surface area (Å²) in [4.78, 5) is 11.7. The molecule has 0 aromatic heterocycles. The van der Waals surface area contributed by atoms with Crippen molar-refractivity contribution in [2.45, 2.75) is 57.8 Å². The molecular formula is C15H27NO. The van der Waals surface area contributed by atoms with Gasteiger partial charge in [-0.1, -0.05) is 12.5 Å². The number of hydrogen-bond donors (Lipinski definition) is 1. The number of piperidine rings is 1. The van der Waals surface area contributed by atoms with E-state index < -0.39 is 0 Å². The minimum atomic E-state index is 0.467. The number of carbonyl (C=O) groups excluding carboxylic acids is 1. The van der Waals surface area contributed by atoms with E-state index in [9.17, 15) is 4.79 Å². The van der Waals surface area contributed by atoms with Crippen LogP contribution >= 0.6 is 0 Å². The zero-order valence-electron chi connectivity index (χ0n) is 11.0. The molecule has 1 heterocycles. The van der Waals surface area contributed by atoms with E-state index in [1.165, 1.54) is 25.7 Å². The van der Waals surface area contributed by atoms with Gasteiger partial charge in [-0.3, -0.25) is 4.79 Å². The monoisotopic (exact) mass is 237 g/mol. The predicted octanol–water partition coefficient (Wildman–Crippen LogP) is 3.47. The van der Waals surface area contributed by atoms with Gasteiger partial charge >= 0.3 is 0 Å². The molecule has 1 saturated heterocycles. The van der Waals surface area contributed by atoms with Gasteiger partial charge in [-0.05, 0) is 57.5 Å². The molecular weight excluding hydrogens is 210 g/mol. The zero-order chi connectivity index (χ0) is 12.3. The van der Waals surface area contributed by atoms with Gasteiger partial charge in [0.1, 0.15) is 5.78 Å². The highest BCUT2D eigenvalue weighted by Gasteiger charge is 2.14. The van der Waals surface area contributed by atoms with Crippen LogP contribution in [0.5, 0.6) is 0 Å². The Labute approximate surface area is 106 Å². The average molecular weight is 237 g/mol. The molecule has 0 radical (unpaired) electrons. The van der Waals surface area contributed by atoms with E-state index in [2.05, 4.69) is 11.9 Å². The second kappa shape index (κ2) is 9.41. The normalized spacial score (nSPS) is 20.1. The fourth-order valence-corrected chi connectivity index (χ4v) is 2.45. The van der Waals surface area contributed by atoms with Crippen molar-refractivity contribution < 1.29 is 4.79 Å². The highest BCUT2D eigenvalue weighted by molar-refractivity contribution is 5.78. The quantitative estimate of drug-likeness (QED) is 0.491. The van der Waals surface area contributed by atoms with Crippen molar-refractivity contribution in [1.82, 2.24) is 5.32 Å². The van der Waals surface area contributed by atoms with Gasteiger partial charge in [-0.2, -0.15) is 0 Å². The molecule has 0 aliphatic carbocycles. The molecule has 1 unspecified atom stereocenters. The molecule has 0 saturated carbocycles. The Morgan fingerprint density at radius 2 is 2.18 bits per heavy atom. The van der Waals surface area contributed by atoms with Crippen molar-refractivity contribution in [2.24, 2.45) is 5.92 Å². The van der Waals surface area contributed by atoms with Crippen LogP contribution in [0.15, 0.2) is 12.7 Å². The van der Waals surface area contributed by atoms with E-state index in [4.69, 9.17) is 0 Å². The van der Waals surface area contributed by atoms with Crippen molar-refractivity contribution in [2.75, 3.05) is 13.1 Å². The van der Waals surface area contributed by atoms with Crippen LogP contribution in [0.3, 0.4) is 0 Å². The zero-order valence-corrected chi connectivity index (χ0v) is 11.0. The van der Waals surface area contributed by atoms with Crippen molar-refractivity contribution in [3.8, 4) is 0 Å². The summed E-state index contributed by atoms with van der Waals surface area (Å²) in [6, 6.07) is 0. The highest BCUT2D eigenvalue weighted by Crippen LogP contribution is 2.17. The smallest absolute Gasteiger partial charge is 0.132 e. The van der Waals surface area contributed by atoms with Crippen LogP contribution in [0.25, 0.3) is 0 Å². The van der Waals surface area contributed by atoms with E-state index in [0.717, 1.165) is 51.1 Å². The van der Waals surface area contributed by atoms with Gasteiger partial charge in [0.2, 0.25) is 0 Å². The molecule has 2 heteroatoms. The Balaban J connectivity index is 1.94. The molecule has 1 atom stereocenters. The van der Waals surface area contributed by atoms with Gasteiger partial charge in [0.15, 0.2) is 0 Å². The maximum Gasteiger partial charge on any atom is 0.132 e. The fraction of sp³-hybridized carbons (Fsp3) is 0.800. The third-order valence-corrected chi connectivity index (χ3v) is 3.59. The number of rotatable bonds is 9. The van der Waals surface area contributed by atoms with Gasteiger partial charge < -0.3 is 5.32 Å². The van der Waals surface area contributed by atoms with Crippen LogP contribution in [0.1, 0.15) is 57.8 Å². The maximum absolute atomic E-state index is 11.7. The van der Waals surface area contributed by atoms with Crippen LogP contribution < -0.4 is 5.32 Å². The van der Waals surface area contributed by atoms with E-state index in [-0.39, 0.29) is 0 Å². The van der Waals surface area contributed by atoms with Gasteiger partial charge in [0.05, 0.1) is 0 Å². The third-order valence-electron chi connectivity index (χ3n) is 3.59. The van der Waals surface area contributed by atoms with Crippen molar-refractivity contribution >= 4 is 5.78 Å². The Morgan fingerprint density at radius 3 is 2.88 bits per heavy atom. The number of nitrogens with one attached hydrogen (secondary N) is 1. The summed E-state index contributed by atoms with van der Waals surface area (Å²) in [5, 5.41) is 3.40. The summed E-state index contributed by atoms with van der Waals surface area (Å²) in [7, 11) is 0. The van der Waals surface area contributed by atoms with Gasteiger partial charge in [-0.25, -0.2) is 0 Å². The lowest BCUT2D eigenvalue weighted by Crippen LogP contribution is -2.29. The third kappa shape index (κ3) is 7.32. The first-order valence-electron chi connectivity index (χ1n) is 7.16. The molecule has 2 nitrogen and oxygen atoms in total. The van der Waals surface area contributed by atoms with Crippen LogP contribution in [-0.2, 0) is 4.79 Å². The summed E-state index contributed by atoms with van der Waals surface area (Å²) >= 11 is 0. The summed E-state index contributed by atoms with van der Waals surface area (Å²) in [5.41, 5.74) is 0. The SMILES string of the molecule is C=CCCCCCC(=O)CCC1CCCNC1. The molecule has 1 aliphatic rings. The molecule has 1 N–H and O–H groups in total. The van der Waals surface area contributed by atoms with Crippen LogP contribution in [0, 0.1) is 5.92 Å². The first-order valence-corrected chi connectivity index (χ1v) is 7.16. The van der Waals surface area contributed by atoms with E-state index in [1.807, 2.05) is 6.08 Å². The lowest BCUT2D eigenvalue weighted by molar-refractivity contribution is -0.119. The summed E-state index contributed by atoms with van der Waals surface area (Å²) < 4.78 is 0. The number of ketones is 1. The fourth-order valence-electron chi connectivity index (χ4n) is 2.45. The number of carbonyl (C=O) groups is 1. The largest absolute Gasteiger partial charge is 0.316 e. The minimum Gasteiger partial charge on any atom is -0.316 e. The maximum atomic E-state index is 11.7. The first kappa shape index (κ1) is 14.4. The van der Waals surface area contributed by atoms with Crippen molar-refractivity contribution in [3.63, 3.8) is 0 Å². The first-order chi connectivity index (χ1) is 8.33. The molecule has 0 amide bonds. The summed E-state index contributed by atoms with van der Waals surface area (Å²) in [6.07, 6.45) is 11.7. The molecule has 1 fully saturated rings. The lowest BCUT2D eigenvalue weighted by atomic mass is 9.93. The van der Waals surface area contributed by atoms with Gasteiger partial charge in [-0.15, -0.1) is 6.58 Å². The lowest BCUT2D eigenvalue weighted by Gasteiger charge is -2.22. The number of allylic oxidation sites excluding steroid dienone is 1. The number of unbranched alkanes of at least 4 members (excludes halogenated alkanes) is 3. The Bertz CT molecular complexity index is 219. The van der Waals surface area contributed by atoms with Crippen molar-refractivity contribution in [1.29, 1.82) is 0 Å². The highest BCUT2D eigenvalue weighted by atomic mass is 16.1. The Morgan fingerprint density at radius 1 is 1.29 bits per heavy atom. The molecule has 1 aliphatic heterocycles. The number of hydrogen-bond acceptors (Lipinski definition) is 2. The van der Waals surface area contributed by atoms with Gasteiger partial charge in [0, 0.05) is 12.8 Å². The molecule has 0 spiro atoms. The molecule has 98 valence electrons. The molecule has 1 rings (SSSR count). The summed E-state index contributed by atoms with van der Waals surface area (Å²) in [5.74, 6) is 1.21. The van der Waals surface area contributed by atoms with Crippen LogP contribution in [0.2, 0.25) is 0 Å². The summed E-state index contributed by atoms with van der Waals surface area (Å²) in [6.45, 7) is 5.98. The van der Waals surface area contributed by atoms with Crippen LogP contribution in [0.4, 0.5) is 0 Å². The standard InChI is InChI=1S/C15H27NO/c1-2-3-4-5-6-9-15(17)11-10-14-8-7-12-16-13-14/h2,14,16H,1,3-13H2. The molecule has 0 aromatic carbocycles. The second-order valence-corrected chi connectivity index (χ2v) is 5.18. The van der Waals surface area contributed by atoms with Gasteiger partial charge in [0.25, 0.3) is 0 Å². The topological polar surface area (TPSA) is 29.1 Å². The predicted molar refractivity (Wildman–Crippen MR) is 73.1 cm³/mol. The van der Waals surface area contributed by atoms with E-state index >= 15 is 0 Å². The number of Topliss-reactive ketones (excluding diaryl/α,β-unsaturated/α-hetero) is 1. The molecule has 17 heavy (non-hydrogen) atoms. The Hall–Kier alpha value is -0.630. The average Bonchev–Trinajstić information content (AvgIpc) is 2.37. The molecule has 0 bridgehead atoms. The molecule has 0 aromatic rings. The van der Waals surface area contributed by atoms with E-state index in [0.29, 0.717) is 5.78 Å². The second-order valence-electron chi connectivity index (χ2n) is 5.18. The minimum absolute atomic E-state index is 0.467. The Kier molecular flexibility index (Phi) is 7.98. The van der Waals surface area contributed by atoms with Crippen LogP contribution in [-0.4, -0.2) is 18.9 Å². The van der Waals surface area contributed by atoms with E-state index in [1.54, 1.807) is 0 Å².